The SMILES string of the molecule is CC1CC(c2nc3cc(Br)c(F)cc3[nH]2)CCN1. The van der Waals surface area contributed by atoms with Crippen molar-refractivity contribution in [1.29, 1.82) is 0 Å². The zero-order chi connectivity index (χ0) is 12.7. The Balaban J connectivity index is 1.97. The molecule has 2 aromatic rings. The van der Waals surface area contributed by atoms with E-state index in [2.05, 4.69) is 38.1 Å². The number of benzene rings is 1. The van der Waals surface area contributed by atoms with E-state index in [4.69, 9.17) is 0 Å². The third kappa shape index (κ3) is 2.17. The lowest BCUT2D eigenvalue weighted by Gasteiger charge is -2.26. The van der Waals surface area contributed by atoms with Gasteiger partial charge >= 0.3 is 0 Å². The van der Waals surface area contributed by atoms with Crippen LogP contribution in [0.5, 0.6) is 0 Å². The molecule has 1 saturated heterocycles. The average molecular weight is 312 g/mol. The van der Waals surface area contributed by atoms with Gasteiger partial charge in [-0.05, 0) is 48.3 Å². The maximum absolute atomic E-state index is 13.5. The van der Waals surface area contributed by atoms with Gasteiger partial charge in [0.2, 0.25) is 0 Å². The maximum Gasteiger partial charge on any atom is 0.139 e. The summed E-state index contributed by atoms with van der Waals surface area (Å²) in [5, 5.41) is 3.42. The molecule has 2 unspecified atom stereocenters. The topological polar surface area (TPSA) is 40.7 Å². The molecule has 0 amide bonds. The lowest BCUT2D eigenvalue weighted by molar-refractivity contribution is 0.373. The van der Waals surface area contributed by atoms with E-state index in [1.54, 1.807) is 6.07 Å². The van der Waals surface area contributed by atoms with Gasteiger partial charge in [0.15, 0.2) is 0 Å². The number of aromatic nitrogens is 2. The molecule has 0 radical (unpaired) electrons. The lowest BCUT2D eigenvalue weighted by Crippen LogP contribution is -2.35. The minimum Gasteiger partial charge on any atom is -0.342 e. The van der Waals surface area contributed by atoms with Crippen molar-refractivity contribution in [2.75, 3.05) is 6.54 Å². The van der Waals surface area contributed by atoms with Crippen molar-refractivity contribution in [3.8, 4) is 0 Å². The standard InChI is InChI=1S/C13H15BrFN3/c1-7-4-8(2-3-16-7)13-17-11-5-9(14)10(15)6-12(11)18-13/h5-8,16H,2-4H2,1H3,(H,17,18). The molecule has 18 heavy (non-hydrogen) atoms. The predicted molar refractivity (Wildman–Crippen MR) is 73.2 cm³/mol. The minimum absolute atomic E-state index is 0.253. The number of piperidine rings is 1. The van der Waals surface area contributed by atoms with Gasteiger partial charge in [-0.2, -0.15) is 0 Å². The zero-order valence-corrected chi connectivity index (χ0v) is 11.7. The summed E-state index contributed by atoms with van der Waals surface area (Å²) < 4.78 is 13.9. The Morgan fingerprint density at radius 3 is 3.06 bits per heavy atom. The molecular formula is C13H15BrFN3. The van der Waals surface area contributed by atoms with Crippen molar-refractivity contribution >= 4 is 27.0 Å². The summed E-state index contributed by atoms with van der Waals surface area (Å²) >= 11 is 3.19. The Bertz CT molecular complexity index is 542. The monoisotopic (exact) mass is 311 g/mol. The van der Waals surface area contributed by atoms with E-state index in [-0.39, 0.29) is 5.82 Å². The van der Waals surface area contributed by atoms with Gasteiger partial charge in [-0.1, -0.05) is 0 Å². The average Bonchev–Trinajstić information content (AvgIpc) is 2.73. The molecule has 3 nitrogen and oxygen atoms in total. The third-order valence-corrected chi connectivity index (χ3v) is 4.16. The first-order chi connectivity index (χ1) is 8.63. The van der Waals surface area contributed by atoms with E-state index in [0.717, 1.165) is 36.2 Å². The number of hydrogen-bond acceptors (Lipinski definition) is 2. The lowest BCUT2D eigenvalue weighted by atomic mass is 9.93. The van der Waals surface area contributed by atoms with E-state index in [1.807, 2.05) is 0 Å². The van der Waals surface area contributed by atoms with E-state index in [0.29, 0.717) is 16.4 Å². The highest BCUT2D eigenvalue weighted by Crippen LogP contribution is 2.29. The molecule has 1 aromatic heterocycles. The molecule has 96 valence electrons. The fourth-order valence-electron chi connectivity index (χ4n) is 2.60. The highest BCUT2D eigenvalue weighted by atomic mass is 79.9. The molecule has 2 N–H and O–H groups in total. The molecule has 0 bridgehead atoms. The van der Waals surface area contributed by atoms with Crippen LogP contribution in [-0.4, -0.2) is 22.6 Å². The van der Waals surface area contributed by atoms with Gasteiger partial charge in [-0.3, -0.25) is 0 Å². The second kappa shape index (κ2) is 4.63. The minimum atomic E-state index is -0.253. The van der Waals surface area contributed by atoms with Crippen LogP contribution in [0.15, 0.2) is 16.6 Å². The molecule has 0 saturated carbocycles. The first-order valence-electron chi connectivity index (χ1n) is 6.21. The quantitative estimate of drug-likeness (QED) is 0.848. The van der Waals surface area contributed by atoms with Crippen molar-refractivity contribution in [3.05, 3.63) is 28.2 Å². The predicted octanol–water partition coefficient (Wildman–Crippen LogP) is 3.32. The van der Waals surface area contributed by atoms with Crippen molar-refractivity contribution in [2.24, 2.45) is 0 Å². The summed E-state index contributed by atoms with van der Waals surface area (Å²) in [6.07, 6.45) is 2.15. The summed E-state index contributed by atoms with van der Waals surface area (Å²) in [5.41, 5.74) is 1.60. The summed E-state index contributed by atoms with van der Waals surface area (Å²) in [5.74, 6) is 1.17. The Morgan fingerprint density at radius 2 is 2.28 bits per heavy atom. The van der Waals surface area contributed by atoms with Crippen LogP contribution in [0.1, 0.15) is 31.5 Å². The molecule has 1 aliphatic rings. The summed E-state index contributed by atoms with van der Waals surface area (Å²) in [6.45, 7) is 3.20. The summed E-state index contributed by atoms with van der Waals surface area (Å²) in [6, 6.07) is 3.75. The van der Waals surface area contributed by atoms with Gasteiger partial charge in [0.05, 0.1) is 15.5 Å². The number of H-pyrrole nitrogens is 1. The van der Waals surface area contributed by atoms with Crippen molar-refractivity contribution in [2.45, 2.75) is 31.7 Å². The van der Waals surface area contributed by atoms with Gasteiger partial charge in [0.25, 0.3) is 0 Å². The van der Waals surface area contributed by atoms with E-state index >= 15 is 0 Å². The van der Waals surface area contributed by atoms with Crippen LogP contribution < -0.4 is 5.32 Å². The van der Waals surface area contributed by atoms with Gasteiger partial charge < -0.3 is 10.3 Å². The van der Waals surface area contributed by atoms with Crippen LogP contribution in [0.2, 0.25) is 0 Å². The van der Waals surface area contributed by atoms with Crippen LogP contribution in [-0.2, 0) is 0 Å². The third-order valence-electron chi connectivity index (χ3n) is 3.55. The fourth-order valence-corrected chi connectivity index (χ4v) is 2.93. The molecule has 2 heterocycles. The van der Waals surface area contributed by atoms with E-state index in [9.17, 15) is 4.39 Å². The largest absolute Gasteiger partial charge is 0.342 e. The normalized spacial score (nSPS) is 24.6. The van der Waals surface area contributed by atoms with Crippen LogP contribution in [0, 0.1) is 5.82 Å². The second-order valence-corrected chi connectivity index (χ2v) is 5.84. The van der Waals surface area contributed by atoms with E-state index < -0.39 is 0 Å². The molecule has 3 rings (SSSR count). The first kappa shape index (κ1) is 12.1. The molecule has 1 aromatic carbocycles. The summed E-state index contributed by atoms with van der Waals surface area (Å²) in [7, 11) is 0. The molecule has 5 heteroatoms. The molecular weight excluding hydrogens is 297 g/mol. The molecule has 0 aliphatic carbocycles. The van der Waals surface area contributed by atoms with Crippen LogP contribution >= 0.6 is 15.9 Å². The highest BCUT2D eigenvalue weighted by Gasteiger charge is 2.22. The molecule has 0 spiro atoms. The maximum atomic E-state index is 13.5. The summed E-state index contributed by atoms with van der Waals surface area (Å²) in [4.78, 5) is 7.85. The van der Waals surface area contributed by atoms with Gasteiger partial charge in [-0.15, -0.1) is 0 Å². The number of hydrogen-bond donors (Lipinski definition) is 2. The number of imidazole rings is 1. The zero-order valence-electron chi connectivity index (χ0n) is 10.1. The molecule has 1 aliphatic heterocycles. The second-order valence-electron chi connectivity index (χ2n) is 4.98. The van der Waals surface area contributed by atoms with E-state index in [1.165, 1.54) is 6.07 Å². The van der Waals surface area contributed by atoms with Gasteiger partial charge in [0, 0.05) is 18.0 Å². The first-order valence-corrected chi connectivity index (χ1v) is 7.01. The van der Waals surface area contributed by atoms with Crippen molar-refractivity contribution in [3.63, 3.8) is 0 Å². The Labute approximate surface area is 113 Å². The number of halogens is 2. The Morgan fingerprint density at radius 1 is 1.44 bits per heavy atom. The van der Waals surface area contributed by atoms with Gasteiger partial charge in [-0.25, -0.2) is 9.37 Å². The highest BCUT2D eigenvalue weighted by molar-refractivity contribution is 9.10. The van der Waals surface area contributed by atoms with Crippen molar-refractivity contribution < 1.29 is 4.39 Å². The number of rotatable bonds is 1. The smallest absolute Gasteiger partial charge is 0.139 e. The number of nitrogens with one attached hydrogen (secondary N) is 2. The van der Waals surface area contributed by atoms with Crippen LogP contribution in [0.25, 0.3) is 11.0 Å². The molecule has 1 fully saturated rings. The fraction of sp³-hybridized carbons (Fsp3) is 0.462. The number of nitrogens with zero attached hydrogens (tertiary/aromatic N) is 1. The van der Waals surface area contributed by atoms with Crippen LogP contribution in [0.3, 0.4) is 0 Å². The number of fused-ring (bicyclic) bond motifs is 1. The van der Waals surface area contributed by atoms with Crippen LogP contribution in [0.4, 0.5) is 4.39 Å². The Kier molecular flexibility index (Phi) is 3.11. The molecule has 2 atom stereocenters. The number of aromatic amines is 1. The van der Waals surface area contributed by atoms with Gasteiger partial charge in [0.1, 0.15) is 11.6 Å². The Hall–Kier alpha value is -0.940. The van der Waals surface area contributed by atoms with Crippen molar-refractivity contribution in [1.82, 2.24) is 15.3 Å².